The van der Waals surface area contributed by atoms with Gasteiger partial charge in [-0.05, 0) is 49.8 Å². The molecule has 4 heteroatoms. The normalized spacial score (nSPS) is 22.9. The van der Waals surface area contributed by atoms with Crippen LogP contribution in [-0.4, -0.2) is 16.1 Å². The van der Waals surface area contributed by atoms with E-state index >= 15 is 0 Å². The van der Waals surface area contributed by atoms with Gasteiger partial charge in [0.15, 0.2) is 0 Å². The molecule has 1 fully saturated rings. The van der Waals surface area contributed by atoms with Gasteiger partial charge in [-0.3, -0.25) is 0 Å². The molecule has 0 unspecified atom stereocenters. The van der Waals surface area contributed by atoms with Crippen molar-refractivity contribution in [1.29, 1.82) is 0 Å². The fourth-order valence-electron chi connectivity index (χ4n) is 2.85. The van der Waals surface area contributed by atoms with Crippen LogP contribution >= 0.6 is 15.9 Å². The Morgan fingerprint density at radius 3 is 2.80 bits per heavy atom. The molecule has 0 N–H and O–H groups in total. The molecule has 0 bridgehead atoms. The first-order valence-corrected chi connectivity index (χ1v) is 8.13. The molecule has 0 amide bonds. The van der Waals surface area contributed by atoms with E-state index in [4.69, 9.17) is 4.74 Å². The molecule has 2 aromatic rings. The highest BCUT2D eigenvalue weighted by Gasteiger charge is 2.21. The molecular weight excluding hydrogens is 316 g/mol. The molecule has 0 atom stereocenters. The molecule has 1 aromatic carbocycles. The van der Waals surface area contributed by atoms with Crippen molar-refractivity contribution in [3.05, 3.63) is 28.9 Å². The topological polar surface area (TPSA) is 35.0 Å². The summed E-state index contributed by atoms with van der Waals surface area (Å²) in [7, 11) is 0. The summed E-state index contributed by atoms with van der Waals surface area (Å²) in [6.45, 7) is 2.27. The number of hydrogen-bond donors (Lipinski definition) is 0. The number of rotatable bonds is 3. The number of benzene rings is 1. The van der Waals surface area contributed by atoms with E-state index in [0.717, 1.165) is 34.1 Å². The van der Waals surface area contributed by atoms with Gasteiger partial charge in [-0.1, -0.05) is 29.3 Å². The maximum Gasteiger partial charge on any atom is 0.317 e. The van der Waals surface area contributed by atoms with Crippen molar-refractivity contribution in [1.82, 2.24) is 9.97 Å². The van der Waals surface area contributed by atoms with Crippen molar-refractivity contribution >= 4 is 26.8 Å². The minimum atomic E-state index is 0.283. The highest BCUT2D eigenvalue weighted by Crippen LogP contribution is 2.29. The van der Waals surface area contributed by atoms with Crippen LogP contribution in [0.4, 0.5) is 0 Å². The predicted octanol–water partition coefficient (Wildman–Crippen LogP) is 4.74. The van der Waals surface area contributed by atoms with E-state index in [9.17, 15) is 0 Å². The lowest BCUT2D eigenvalue weighted by atomic mass is 9.86. The minimum absolute atomic E-state index is 0.283. The molecule has 0 saturated heterocycles. The van der Waals surface area contributed by atoms with Crippen LogP contribution in [0.3, 0.4) is 0 Å². The third-order valence-corrected chi connectivity index (χ3v) is 4.66. The number of nitrogens with zero attached hydrogens (tertiary/aromatic N) is 2. The van der Waals surface area contributed by atoms with Crippen molar-refractivity contribution in [3.63, 3.8) is 0 Å². The summed E-state index contributed by atoms with van der Waals surface area (Å²) in [5, 5.41) is 1.03. The smallest absolute Gasteiger partial charge is 0.317 e. The third-order valence-electron chi connectivity index (χ3n) is 4.16. The molecule has 106 valence electrons. The van der Waals surface area contributed by atoms with Crippen molar-refractivity contribution < 1.29 is 4.74 Å². The first-order chi connectivity index (χ1) is 9.74. The van der Waals surface area contributed by atoms with Gasteiger partial charge in [-0.15, -0.1) is 0 Å². The van der Waals surface area contributed by atoms with Gasteiger partial charge in [0.2, 0.25) is 0 Å². The summed E-state index contributed by atoms with van der Waals surface area (Å²) in [5.41, 5.74) is 0.931. The molecule has 1 saturated carbocycles. The van der Waals surface area contributed by atoms with Crippen LogP contribution in [0, 0.1) is 5.92 Å². The molecule has 1 aromatic heterocycles. The van der Waals surface area contributed by atoms with Gasteiger partial charge in [-0.2, -0.15) is 4.98 Å². The van der Waals surface area contributed by atoms with Crippen molar-refractivity contribution in [3.8, 4) is 6.01 Å². The fourth-order valence-corrected chi connectivity index (χ4v) is 3.23. The first-order valence-electron chi connectivity index (χ1n) is 7.33. The van der Waals surface area contributed by atoms with Crippen LogP contribution in [-0.2, 0) is 0 Å². The Balaban J connectivity index is 1.70. The molecule has 0 radical (unpaired) electrons. The molecular formula is C16H19BrN2O. The Morgan fingerprint density at radius 1 is 1.25 bits per heavy atom. The summed E-state index contributed by atoms with van der Waals surface area (Å²) < 4.78 is 6.99. The molecule has 3 rings (SSSR count). The van der Waals surface area contributed by atoms with Crippen molar-refractivity contribution in [2.24, 2.45) is 5.92 Å². The third kappa shape index (κ3) is 3.11. The average Bonchev–Trinajstić information content (AvgIpc) is 2.48. The van der Waals surface area contributed by atoms with E-state index in [2.05, 4.69) is 32.8 Å². The lowest BCUT2D eigenvalue weighted by Crippen LogP contribution is -2.24. The van der Waals surface area contributed by atoms with Crippen LogP contribution in [0.25, 0.3) is 10.9 Å². The zero-order valence-electron chi connectivity index (χ0n) is 11.7. The van der Waals surface area contributed by atoms with Gasteiger partial charge in [0.1, 0.15) is 6.10 Å². The Bertz CT molecular complexity index is 594. The van der Waals surface area contributed by atoms with Gasteiger partial charge in [0.25, 0.3) is 0 Å². The van der Waals surface area contributed by atoms with Crippen LogP contribution in [0.1, 0.15) is 39.0 Å². The molecule has 3 nitrogen and oxygen atoms in total. The number of ether oxygens (including phenoxy) is 1. The van der Waals surface area contributed by atoms with Crippen molar-refractivity contribution in [2.45, 2.75) is 45.1 Å². The van der Waals surface area contributed by atoms with Crippen molar-refractivity contribution in [2.75, 3.05) is 0 Å². The Morgan fingerprint density at radius 2 is 2.05 bits per heavy atom. The molecule has 0 aliphatic heterocycles. The Kier molecular flexibility index (Phi) is 4.20. The zero-order valence-corrected chi connectivity index (χ0v) is 13.3. The minimum Gasteiger partial charge on any atom is -0.460 e. The lowest BCUT2D eigenvalue weighted by Gasteiger charge is -2.27. The highest BCUT2D eigenvalue weighted by molar-refractivity contribution is 9.10. The second-order valence-electron chi connectivity index (χ2n) is 5.52. The van der Waals surface area contributed by atoms with Gasteiger partial charge in [0.05, 0.1) is 5.52 Å². The second kappa shape index (κ2) is 6.08. The van der Waals surface area contributed by atoms with Gasteiger partial charge in [0, 0.05) is 16.1 Å². The maximum atomic E-state index is 5.95. The summed E-state index contributed by atoms with van der Waals surface area (Å²) in [6.07, 6.45) is 8.18. The zero-order chi connectivity index (χ0) is 13.9. The quantitative estimate of drug-likeness (QED) is 0.813. The van der Waals surface area contributed by atoms with E-state index in [1.54, 1.807) is 0 Å². The van der Waals surface area contributed by atoms with E-state index in [0.29, 0.717) is 6.01 Å². The van der Waals surface area contributed by atoms with Crippen LogP contribution in [0.15, 0.2) is 28.9 Å². The monoisotopic (exact) mass is 334 g/mol. The number of hydrogen-bond acceptors (Lipinski definition) is 3. The molecule has 1 aliphatic carbocycles. The van der Waals surface area contributed by atoms with E-state index in [-0.39, 0.29) is 6.10 Å². The lowest BCUT2D eigenvalue weighted by molar-refractivity contribution is 0.119. The first kappa shape index (κ1) is 13.8. The molecule has 0 spiro atoms. The SMILES string of the molecule is CCC1CCC(Oc2ncc3cc(Br)ccc3n2)CC1. The standard InChI is InChI=1S/C16H19BrN2O/c1-2-11-3-6-14(7-4-11)20-16-18-10-12-9-13(17)5-8-15(12)19-16/h5,8-11,14H,2-4,6-7H2,1H3. The number of aromatic nitrogens is 2. The van der Waals surface area contributed by atoms with Gasteiger partial charge in [-0.25, -0.2) is 4.98 Å². The highest BCUT2D eigenvalue weighted by atomic mass is 79.9. The van der Waals surface area contributed by atoms with Gasteiger partial charge >= 0.3 is 6.01 Å². The van der Waals surface area contributed by atoms with Gasteiger partial charge < -0.3 is 4.74 Å². The van der Waals surface area contributed by atoms with Crippen LogP contribution < -0.4 is 4.74 Å². The largest absolute Gasteiger partial charge is 0.460 e. The Labute approximate surface area is 127 Å². The summed E-state index contributed by atoms with van der Waals surface area (Å²) in [4.78, 5) is 8.82. The number of fused-ring (bicyclic) bond motifs is 1. The second-order valence-corrected chi connectivity index (χ2v) is 6.44. The summed E-state index contributed by atoms with van der Waals surface area (Å²) in [6, 6.07) is 6.51. The summed E-state index contributed by atoms with van der Waals surface area (Å²) >= 11 is 3.46. The molecule has 1 aliphatic rings. The van der Waals surface area contributed by atoms with E-state index in [1.165, 1.54) is 19.3 Å². The summed E-state index contributed by atoms with van der Waals surface area (Å²) in [5.74, 6) is 0.879. The molecule has 20 heavy (non-hydrogen) atoms. The maximum absolute atomic E-state index is 5.95. The van der Waals surface area contributed by atoms with E-state index < -0.39 is 0 Å². The fraction of sp³-hybridized carbons (Fsp3) is 0.500. The average molecular weight is 335 g/mol. The Hall–Kier alpha value is -1.16. The molecule has 1 heterocycles. The van der Waals surface area contributed by atoms with Crippen LogP contribution in [0.5, 0.6) is 6.01 Å². The predicted molar refractivity (Wildman–Crippen MR) is 83.9 cm³/mol. The van der Waals surface area contributed by atoms with E-state index in [1.807, 2.05) is 24.4 Å². The van der Waals surface area contributed by atoms with Crippen LogP contribution in [0.2, 0.25) is 0 Å². The number of halogens is 1.